The van der Waals surface area contributed by atoms with Crippen molar-refractivity contribution in [3.8, 4) is 6.07 Å². The van der Waals surface area contributed by atoms with Crippen molar-refractivity contribution in [2.24, 2.45) is 0 Å². The highest BCUT2D eigenvalue weighted by molar-refractivity contribution is 5.97. The molecule has 0 unspecified atom stereocenters. The molecule has 1 heterocycles. The van der Waals surface area contributed by atoms with Crippen molar-refractivity contribution < 1.29 is 4.79 Å². The van der Waals surface area contributed by atoms with E-state index in [0.717, 1.165) is 32.2 Å². The molecule has 0 aromatic carbocycles. The summed E-state index contributed by atoms with van der Waals surface area (Å²) >= 11 is 0. The van der Waals surface area contributed by atoms with E-state index in [1.54, 1.807) is 6.08 Å². The summed E-state index contributed by atoms with van der Waals surface area (Å²) in [6.07, 6.45) is 18.5. The summed E-state index contributed by atoms with van der Waals surface area (Å²) in [4.78, 5) is 14.3. The Morgan fingerprint density at radius 3 is 2.27 bits per heavy atom. The molecule has 0 aromatic rings. The first-order valence-corrected chi connectivity index (χ1v) is 10.5. The van der Waals surface area contributed by atoms with Crippen LogP contribution in [0, 0.1) is 11.3 Å². The van der Waals surface area contributed by atoms with E-state index in [4.69, 9.17) is 0 Å². The fourth-order valence-electron chi connectivity index (χ4n) is 3.30. The SMILES string of the molecule is CCCCCCCCCCCCNC(=O)C(C#N)=CC=C1CCCN1C. The van der Waals surface area contributed by atoms with Crippen molar-refractivity contribution in [3.63, 3.8) is 0 Å². The van der Waals surface area contributed by atoms with Gasteiger partial charge in [-0.3, -0.25) is 4.79 Å². The number of hydrogen-bond acceptors (Lipinski definition) is 3. The van der Waals surface area contributed by atoms with E-state index in [2.05, 4.69) is 17.1 Å². The molecule has 4 heteroatoms. The Kier molecular flexibility index (Phi) is 12.4. The lowest BCUT2D eigenvalue weighted by molar-refractivity contribution is -0.117. The highest BCUT2D eigenvalue weighted by Gasteiger charge is 2.12. The zero-order valence-electron chi connectivity index (χ0n) is 16.9. The number of carbonyl (C=O) groups excluding carboxylic acids is 1. The summed E-state index contributed by atoms with van der Waals surface area (Å²) in [5.74, 6) is -0.249. The number of hydrogen-bond donors (Lipinski definition) is 1. The van der Waals surface area contributed by atoms with Gasteiger partial charge in [0, 0.05) is 25.8 Å². The van der Waals surface area contributed by atoms with E-state index >= 15 is 0 Å². The number of carbonyl (C=O) groups is 1. The summed E-state index contributed by atoms with van der Waals surface area (Å²) in [5.41, 5.74) is 1.39. The molecule has 1 aliphatic rings. The fourth-order valence-corrected chi connectivity index (χ4v) is 3.30. The molecule has 1 saturated heterocycles. The van der Waals surface area contributed by atoms with Gasteiger partial charge in [0.15, 0.2) is 0 Å². The maximum absolute atomic E-state index is 12.1. The molecule has 0 saturated carbocycles. The molecule has 1 N–H and O–H groups in total. The van der Waals surface area contributed by atoms with Gasteiger partial charge in [-0.2, -0.15) is 5.26 Å². The average Bonchev–Trinajstić information content (AvgIpc) is 3.05. The van der Waals surface area contributed by atoms with E-state index in [0.29, 0.717) is 6.54 Å². The molecule has 26 heavy (non-hydrogen) atoms. The third-order valence-electron chi connectivity index (χ3n) is 5.04. The van der Waals surface area contributed by atoms with Crippen LogP contribution in [-0.2, 0) is 4.79 Å². The quantitative estimate of drug-likeness (QED) is 0.283. The average molecular weight is 360 g/mol. The third kappa shape index (κ3) is 9.65. The molecule has 0 aromatic heterocycles. The molecule has 1 amide bonds. The summed E-state index contributed by atoms with van der Waals surface area (Å²) < 4.78 is 0. The second-order valence-electron chi connectivity index (χ2n) is 7.31. The molecular weight excluding hydrogens is 322 g/mol. The fraction of sp³-hybridized carbons (Fsp3) is 0.727. The lowest BCUT2D eigenvalue weighted by Gasteiger charge is -2.11. The minimum absolute atomic E-state index is 0.199. The van der Waals surface area contributed by atoms with E-state index in [9.17, 15) is 10.1 Å². The van der Waals surface area contributed by atoms with Gasteiger partial charge in [0.25, 0.3) is 5.91 Å². The third-order valence-corrected chi connectivity index (χ3v) is 5.04. The summed E-state index contributed by atoms with van der Waals surface area (Å²) in [7, 11) is 2.05. The molecular formula is C22H37N3O. The topological polar surface area (TPSA) is 56.1 Å². The molecule has 0 radical (unpaired) electrons. The van der Waals surface area contributed by atoms with Gasteiger partial charge in [-0.15, -0.1) is 0 Å². The lowest BCUT2D eigenvalue weighted by atomic mass is 10.1. The Hall–Kier alpha value is -1.76. The molecule has 1 rings (SSSR count). The van der Waals surface area contributed by atoms with E-state index in [1.165, 1.54) is 57.1 Å². The van der Waals surface area contributed by atoms with Gasteiger partial charge in [-0.25, -0.2) is 0 Å². The smallest absolute Gasteiger partial charge is 0.261 e. The highest BCUT2D eigenvalue weighted by Crippen LogP contribution is 2.18. The minimum Gasteiger partial charge on any atom is -0.378 e. The zero-order valence-corrected chi connectivity index (χ0v) is 16.9. The Bertz CT molecular complexity index is 502. The molecule has 0 spiro atoms. The van der Waals surface area contributed by atoms with Gasteiger partial charge >= 0.3 is 0 Å². The minimum atomic E-state index is -0.249. The Morgan fingerprint density at radius 2 is 1.73 bits per heavy atom. The van der Waals surface area contributed by atoms with Crippen molar-refractivity contribution in [3.05, 3.63) is 23.4 Å². The molecule has 4 nitrogen and oxygen atoms in total. The number of rotatable bonds is 13. The number of likely N-dealkylation sites (tertiary alicyclic amines) is 1. The number of allylic oxidation sites excluding steroid dienone is 3. The zero-order chi connectivity index (χ0) is 19.0. The van der Waals surface area contributed by atoms with E-state index < -0.39 is 0 Å². The normalized spacial score (nSPS) is 16.1. The first-order valence-electron chi connectivity index (χ1n) is 10.5. The van der Waals surface area contributed by atoms with Crippen LogP contribution in [0.3, 0.4) is 0 Å². The van der Waals surface area contributed by atoms with Gasteiger partial charge in [-0.1, -0.05) is 64.7 Å². The number of nitrogens with one attached hydrogen (secondary N) is 1. The molecule has 0 bridgehead atoms. The maximum Gasteiger partial charge on any atom is 0.261 e. The van der Waals surface area contributed by atoms with Crippen molar-refractivity contribution in [1.82, 2.24) is 10.2 Å². The second-order valence-corrected chi connectivity index (χ2v) is 7.31. The maximum atomic E-state index is 12.1. The standard InChI is InChI=1S/C22H37N3O/c1-3-4-5-6-7-8-9-10-11-12-17-24-22(26)20(19-23)15-16-21-14-13-18-25(21)2/h15-16H,3-14,17-18H2,1-2H3,(H,24,26). The summed E-state index contributed by atoms with van der Waals surface area (Å²) in [5, 5.41) is 12.1. The number of nitrogens with zero attached hydrogens (tertiary/aromatic N) is 2. The van der Waals surface area contributed by atoms with Crippen molar-refractivity contribution in [1.29, 1.82) is 5.26 Å². The van der Waals surface area contributed by atoms with Crippen LogP contribution in [0.4, 0.5) is 0 Å². The molecule has 0 aliphatic carbocycles. The first-order chi connectivity index (χ1) is 12.7. The van der Waals surface area contributed by atoms with Crippen LogP contribution in [0.25, 0.3) is 0 Å². The second kappa shape index (κ2) is 14.4. The van der Waals surface area contributed by atoms with Crippen molar-refractivity contribution >= 4 is 5.91 Å². The van der Waals surface area contributed by atoms with Crippen LogP contribution >= 0.6 is 0 Å². The van der Waals surface area contributed by atoms with Crippen LogP contribution in [0.15, 0.2) is 23.4 Å². The molecule has 146 valence electrons. The van der Waals surface area contributed by atoms with Gasteiger partial charge in [0.05, 0.1) is 0 Å². The van der Waals surface area contributed by atoms with E-state index in [1.807, 2.05) is 19.2 Å². The first kappa shape index (κ1) is 22.3. The van der Waals surface area contributed by atoms with Gasteiger partial charge in [-0.05, 0) is 31.4 Å². The number of nitriles is 1. The van der Waals surface area contributed by atoms with Gasteiger partial charge < -0.3 is 10.2 Å². The van der Waals surface area contributed by atoms with Gasteiger partial charge in [0.2, 0.25) is 0 Å². The van der Waals surface area contributed by atoms with Crippen LogP contribution in [0.2, 0.25) is 0 Å². The van der Waals surface area contributed by atoms with Crippen LogP contribution in [0.1, 0.15) is 84.0 Å². The highest BCUT2D eigenvalue weighted by atomic mass is 16.1. The van der Waals surface area contributed by atoms with Crippen molar-refractivity contribution in [2.75, 3.05) is 20.1 Å². The number of amides is 1. The van der Waals surface area contributed by atoms with Crippen LogP contribution in [0.5, 0.6) is 0 Å². The predicted octanol–water partition coefficient (Wildman–Crippen LogP) is 5.08. The molecule has 1 aliphatic heterocycles. The van der Waals surface area contributed by atoms with Crippen molar-refractivity contribution in [2.45, 2.75) is 84.0 Å². The molecule has 1 fully saturated rings. The van der Waals surface area contributed by atoms with Gasteiger partial charge in [0.1, 0.15) is 11.6 Å². The monoisotopic (exact) mass is 359 g/mol. The lowest BCUT2D eigenvalue weighted by Crippen LogP contribution is -2.25. The Morgan fingerprint density at radius 1 is 1.12 bits per heavy atom. The van der Waals surface area contributed by atoms with E-state index in [-0.39, 0.29) is 11.5 Å². The Labute approximate surface area is 160 Å². The molecule has 0 atom stereocenters. The van der Waals surface area contributed by atoms with Crippen LogP contribution < -0.4 is 5.32 Å². The number of unbranched alkanes of at least 4 members (excludes halogenated alkanes) is 9. The largest absolute Gasteiger partial charge is 0.378 e. The van der Waals surface area contributed by atoms with Crippen LogP contribution in [-0.4, -0.2) is 30.9 Å². The predicted molar refractivity (Wildman–Crippen MR) is 108 cm³/mol. The summed E-state index contributed by atoms with van der Waals surface area (Å²) in [6.45, 7) is 3.96. The summed E-state index contributed by atoms with van der Waals surface area (Å²) in [6, 6.07) is 2.02. The Balaban J connectivity index is 2.10.